The fraction of sp³-hybridized carbons (Fsp3) is 0.138. The van der Waals surface area contributed by atoms with E-state index in [1.54, 1.807) is 0 Å². The minimum atomic E-state index is -0.218. The van der Waals surface area contributed by atoms with Gasteiger partial charge in [-0.25, -0.2) is 0 Å². The third-order valence-electron chi connectivity index (χ3n) is 27.0. The second kappa shape index (κ2) is 27.9. The van der Waals surface area contributed by atoms with Crippen LogP contribution in [0.4, 0.5) is 68.2 Å². The van der Waals surface area contributed by atoms with E-state index in [1.807, 2.05) is 0 Å². The van der Waals surface area contributed by atoms with Crippen LogP contribution < -0.4 is 19.6 Å². The molecular weight excluding hydrogens is 1450 g/mol. The minimum absolute atomic E-state index is 0.124. The molecular formula is C116H96N4. The van der Waals surface area contributed by atoms with Crippen molar-refractivity contribution < 1.29 is 0 Å². The molecule has 0 atom stereocenters. The molecule has 120 heavy (non-hydrogen) atoms. The fourth-order valence-corrected chi connectivity index (χ4v) is 20.9. The van der Waals surface area contributed by atoms with Crippen molar-refractivity contribution in [1.29, 1.82) is 0 Å². The molecule has 4 aliphatic rings. The highest BCUT2D eigenvalue weighted by Gasteiger charge is 2.46. The van der Waals surface area contributed by atoms with Crippen molar-refractivity contribution in [3.63, 3.8) is 0 Å². The summed E-state index contributed by atoms with van der Waals surface area (Å²) in [7, 11) is 0. The SMILES string of the molecule is Cc1ccc(N(c2ccc(C)cc2)c2ccc3c(-c4ccccc4)c4cc(N5c6ccccc6C(C)(C)c6cc7c(cc65)C(C)(C)c5ccccc5-7)ccc4c(-c4ccccc4)c3c2)cc1.Cc1ccc2c(N3c4ccccc4C(C)(C)c4cc5c(cc43)C(C)(C)c3ccccc3-5)c3cc(C)ccc3c(N(c3ccccc3)c3ccccc3)c2c1. The summed E-state index contributed by atoms with van der Waals surface area (Å²) in [5.74, 6) is 0. The molecule has 0 saturated heterocycles. The van der Waals surface area contributed by atoms with Crippen molar-refractivity contribution in [3.8, 4) is 44.5 Å². The Hall–Kier alpha value is -13.8. The summed E-state index contributed by atoms with van der Waals surface area (Å²) in [5.41, 5.74) is 39.7. The molecule has 0 fully saturated rings. The Morgan fingerprint density at radius 3 is 1.07 bits per heavy atom. The van der Waals surface area contributed by atoms with Crippen molar-refractivity contribution in [2.45, 2.75) is 105 Å². The monoisotopic (exact) mass is 1540 g/mol. The van der Waals surface area contributed by atoms with E-state index >= 15 is 0 Å². The number of anilines is 12. The summed E-state index contributed by atoms with van der Waals surface area (Å²) >= 11 is 0. The van der Waals surface area contributed by atoms with Crippen LogP contribution in [0.15, 0.2) is 364 Å². The molecule has 22 rings (SSSR count). The topological polar surface area (TPSA) is 13.0 Å². The molecule has 18 aromatic rings. The highest BCUT2D eigenvalue weighted by molar-refractivity contribution is 6.25. The zero-order chi connectivity index (χ0) is 81.8. The first-order chi connectivity index (χ1) is 58.2. The van der Waals surface area contributed by atoms with E-state index in [4.69, 9.17) is 0 Å². The Morgan fingerprint density at radius 2 is 0.575 bits per heavy atom. The Kier molecular flexibility index (Phi) is 17.2. The Balaban J connectivity index is 0.000000151. The lowest BCUT2D eigenvalue weighted by Gasteiger charge is -2.44. The summed E-state index contributed by atoms with van der Waals surface area (Å²) in [4.78, 5) is 10.0. The maximum Gasteiger partial charge on any atom is 0.0620 e. The summed E-state index contributed by atoms with van der Waals surface area (Å²) in [5, 5.41) is 9.81. The zero-order valence-corrected chi connectivity index (χ0v) is 70.4. The van der Waals surface area contributed by atoms with Crippen LogP contribution >= 0.6 is 0 Å². The molecule has 0 radical (unpaired) electrons. The van der Waals surface area contributed by atoms with E-state index < -0.39 is 0 Å². The van der Waals surface area contributed by atoms with Gasteiger partial charge in [-0.05, 0) is 260 Å². The molecule has 0 spiro atoms. The summed E-state index contributed by atoms with van der Waals surface area (Å²) < 4.78 is 0. The van der Waals surface area contributed by atoms with Crippen LogP contribution in [0.5, 0.6) is 0 Å². The number of para-hydroxylation sites is 4. The number of nitrogens with zero attached hydrogens (tertiary/aromatic N) is 4. The average Bonchev–Trinajstić information content (AvgIpc) is 1.31. The lowest BCUT2D eigenvalue weighted by atomic mass is 9.71. The summed E-state index contributed by atoms with van der Waals surface area (Å²) in [6, 6.07) is 136. The number of rotatable bonds is 10. The molecule has 0 N–H and O–H groups in total. The zero-order valence-electron chi connectivity index (χ0n) is 70.4. The first kappa shape index (κ1) is 73.8. The van der Waals surface area contributed by atoms with Gasteiger partial charge in [0.2, 0.25) is 0 Å². The van der Waals surface area contributed by atoms with Crippen molar-refractivity contribution in [1.82, 2.24) is 0 Å². The van der Waals surface area contributed by atoms with Gasteiger partial charge in [0.15, 0.2) is 0 Å². The smallest absolute Gasteiger partial charge is 0.0620 e. The van der Waals surface area contributed by atoms with Crippen molar-refractivity contribution in [2.75, 3.05) is 19.6 Å². The molecule has 0 bridgehead atoms. The van der Waals surface area contributed by atoms with Gasteiger partial charge in [-0.1, -0.05) is 320 Å². The van der Waals surface area contributed by atoms with Gasteiger partial charge in [-0.15, -0.1) is 0 Å². The lowest BCUT2D eigenvalue weighted by Crippen LogP contribution is -2.31. The van der Waals surface area contributed by atoms with Crippen molar-refractivity contribution >= 4 is 111 Å². The second-order valence-electron chi connectivity index (χ2n) is 35.9. The Labute approximate surface area is 706 Å². The van der Waals surface area contributed by atoms with E-state index in [9.17, 15) is 0 Å². The van der Waals surface area contributed by atoms with Gasteiger partial charge in [0.05, 0.1) is 34.1 Å². The van der Waals surface area contributed by atoms with Crippen LogP contribution in [0, 0.1) is 27.7 Å². The maximum absolute atomic E-state index is 2.62. The van der Waals surface area contributed by atoms with Crippen molar-refractivity contribution in [2.24, 2.45) is 0 Å². The first-order valence-electron chi connectivity index (χ1n) is 42.5. The van der Waals surface area contributed by atoms with Crippen LogP contribution in [0.3, 0.4) is 0 Å². The molecule has 580 valence electrons. The highest BCUT2D eigenvalue weighted by Crippen LogP contribution is 2.63. The van der Waals surface area contributed by atoms with Crippen LogP contribution in [-0.2, 0) is 21.7 Å². The molecule has 18 aromatic carbocycles. The fourth-order valence-electron chi connectivity index (χ4n) is 20.9. The first-order valence-corrected chi connectivity index (χ1v) is 42.5. The van der Waals surface area contributed by atoms with Gasteiger partial charge in [0.1, 0.15) is 0 Å². The van der Waals surface area contributed by atoms with E-state index in [-0.39, 0.29) is 21.7 Å². The van der Waals surface area contributed by atoms with E-state index in [0.29, 0.717) is 0 Å². The average molecular weight is 1550 g/mol. The van der Waals surface area contributed by atoms with Crippen LogP contribution in [0.25, 0.3) is 87.6 Å². The van der Waals surface area contributed by atoms with E-state index in [2.05, 4.69) is 467 Å². The Morgan fingerprint density at radius 1 is 0.208 bits per heavy atom. The lowest BCUT2D eigenvalue weighted by molar-refractivity contribution is 0.627. The number of fused-ring (bicyclic) bond motifs is 14. The quantitative estimate of drug-likeness (QED) is 0.127. The molecule has 2 heterocycles. The van der Waals surface area contributed by atoms with Gasteiger partial charge in [0.25, 0.3) is 0 Å². The van der Waals surface area contributed by atoms with Crippen molar-refractivity contribution in [3.05, 3.63) is 431 Å². The van der Waals surface area contributed by atoms with Gasteiger partial charge in [0, 0.05) is 77.3 Å². The van der Waals surface area contributed by atoms with Crippen LogP contribution in [0.1, 0.15) is 122 Å². The summed E-state index contributed by atoms with van der Waals surface area (Å²) in [6.45, 7) is 27.9. The molecule has 2 aliphatic heterocycles. The molecule has 0 unspecified atom stereocenters. The third kappa shape index (κ3) is 11.5. The predicted octanol–water partition coefficient (Wildman–Crippen LogP) is 32.3. The second-order valence-corrected chi connectivity index (χ2v) is 35.9. The molecule has 0 saturated carbocycles. The predicted molar refractivity (Wildman–Crippen MR) is 511 cm³/mol. The van der Waals surface area contributed by atoms with Crippen LogP contribution in [-0.4, -0.2) is 0 Å². The van der Waals surface area contributed by atoms with Gasteiger partial charge >= 0.3 is 0 Å². The molecule has 2 aliphatic carbocycles. The van der Waals surface area contributed by atoms with Crippen LogP contribution in [0.2, 0.25) is 0 Å². The van der Waals surface area contributed by atoms with Gasteiger partial charge in [-0.2, -0.15) is 0 Å². The Bertz CT molecular complexity index is 7090. The normalized spacial score (nSPS) is 14.4. The summed E-state index contributed by atoms with van der Waals surface area (Å²) in [6.07, 6.45) is 0. The van der Waals surface area contributed by atoms with Gasteiger partial charge in [-0.3, -0.25) is 0 Å². The molecule has 4 heteroatoms. The maximum atomic E-state index is 2.62. The molecule has 0 amide bonds. The number of benzene rings is 18. The molecule has 4 nitrogen and oxygen atoms in total. The highest BCUT2D eigenvalue weighted by atomic mass is 15.2. The van der Waals surface area contributed by atoms with E-state index in [0.717, 1.165) is 34.1 Å². The van der Waals surface area contributed by atoms with Gasteiger partial charge < -0.3 is 19.6 Å². The third-order valence-corrected chi connectivity index (χ3v) is 27.0. The largest absolute Gasteiger partial charge is 0.310 e. The number of aryl methyl sites for hydroxylation is 4. The standard InChI is InChI=1S/C64H52N2.C52H44N2/c1-41-25-29-45(30-26-41)65(46-31-27-42(2)28-32-46)47-33-35-50-53(37-47)61(43-17-9-7-10-18-43)51-36-34-48(38-54(51)62(50)44-19-11-8-12-20-44)66-59-24-16-15-23-56(59)64(5,6)58-39-52-49-21-13-14-22-55(49)63(3,4)57(52)40-60(58)66;1-33-26-28-39-41(29-33)49(53(35-17-9-7-10-18-35)36-19-11-8-12-20-36)38-27-25-34(2)30-42(38)50(39)54-47-24-16-15-23-44(47)52(5,6)46-31-40-37-21-13-14-22-43(37)51(3,4)45(40)32-48(46)54/h7-40H,1-6H3;7-32H,1-6H3. The minimum Gasteiger partial charge on any atom is -0.310 e. The number of hydrogen-bond acceptors (Lipinski definition) is 4. The van der Waals surface area contributed by atoms with E-state index in [1.165, 1.54) is 188 Å². The number of hydrogen-bond donors (Lipinski definition) is 0. The molecule has 0 aromatic heterocycles.